The van der Waals surface area contributed by atoms with Gasteiger partial charge in [0.05, 0.1) is 5.69 Å². The van der Waals surface area contributed by atoms with Crippen molar-refractivity contribution in [3.8, 4) is 0 Å². The number of anilines is 1. The van der Waals surface area contributed by atoms with Crippen LogP contribution >= 0.6 is 11.3 Å². The van der Waals surface area contributed by atoms with E-state index in [-0.39, 0.29) is 17.4 Å². The van der Waals surface area contributed by atoms with Crippen molar-refractivity contribution in [2.45, 2.75) is 26.2 Å². The fourth-order valence-corrected chi connectivity index (χ4v) is 2.22. The van der Waals surface area contributed by atoms with Crippen LogP contribution in [0.5, 0.6) is 0 Å². The summed E-state index contributed by atoms with van der Waals surface area (Å²) in [6.07, 6.45) is -3.21. The number of hydrogen-bond donors (Lipinski definition) is 1. The number of hydrogen-bond acceptors (Lipinski definition) is 3. The maximum atomic E-state index is 12.8. The second-order valence-corrected chi connectivity index (χ2v) is 4.92. The van der Waals surface area contributed by atoms with E-state index in [1.807, 2.05) is 0 Å². The largest absolute Gasteiger partial charge is 0.437 e. The topological polar surface area (TPSA) is 29.9 Å². The predicted molar refractivity (Wildman–Crippen MR) is 64.5 cm³/mol. The molecule has 0 fully saturated rings. The number of nitrogens with zero attached hydrogens (tertiary/aromatic N) is 2. The Morgan fingerprint density at radius 1 is 1.37 bits per heavy atom. The first-order chi connectivity index (χ1) is 8.90. The summed E-state index contributed by atoms with van der Waals surface area (Å²) in [4.78, 5) is 0.620. The van der Waals surface area contributed by atoms with Gasteiger partial charge in [-0.15, -0.1) is 11.3 Å². The van der Waals surface area contributed by atoms with Gasteiger partial charge in [0.15, 0.2) is 10.8 Å². The SMILES string of the molecule is CCn1cc(NCc2ccc(F)s2)c(C(F)(F)F)n1. The molecule has 19 heavy (non-hydrogen) atoms. The first-order valence-electron chi connectivity index (χ1n) is 5.53. The first-order valence-corrected chi connectivity index (χ1v) is 6.34. The van der Waals surface area contributed by atoms with Crippen molar-refractivity contribution < 1.29 is 17.6 Å². The van der Waals surface area contributed by atoms with Crippen LogP contribution in [-0.2, 0) is 19.3 Å². The van der Waals surface area contributed by atoms with E-state index in [1.54, 1.807) is 6.92 Å². The van der Waals surface area contributed by atoms with Gasteiger partial charge in [-0.25, -0.2) is 0 Å². The molecule has 104 valence electrons. The van der Waals surface area contributed by atoms with E-state index >= 15 is 0 Å². The van der Waals surface area contributed by atoms with Gasteiger partial charge in [0.2, 0.25) is 0 Å². The van der Waals surface area contributed by atoms with Crippen LogP contribution in [-0.4, -0.2) is 9.78 Å². The van der Waals surface area contributed by atoms with Crippen LogP contribution in [0.2, 0.25) is 0 Å². The van der Waals surface area contributed by atoms with Gasteiger partial charge in [-0.05, 0) is 19.1 Å². The lowest BCUT2D eigenvalue weighted by atomic mass is 10.3. The minimum atomic E-state index is -4.51. The fraction of sp³-hybridized carbons (Fsp3) is 0.364. The molecule has 3 nitrogen and oxygen atoms in total. The fourth-order valence-electron chi connectivity index (χ4n) is 1.55. The van der Waals surface area contributed by atoms with Crippen molar-refractivity contribution in [2.24, 2.45) is 0 Å². The Labute approximate surface area is 110 Å². The molecule has 0 radical (unpaired) electrons. The number of thiophene rings is 1. The maximum absolute atomic E-state index is 12.8. The molecule has 8 heteroatoms. The molecular weight excluding hydrogens is 282 g/mol. The lowest BCUT2D eigenvalue weighted by Crippen LogP contribution is -2.10. The van der Waals surface area contributed by atoms with Gasteiger partial charge in [0, 0.05) is 24.2 Å². The van der Waals surface area contributed by atoms with Crippen LogP contribution in [0.3, 0.4) is 0 Å². The van der Waals surface area contributed by atoms with Crippen LogP contribution in [0.4, 0.5) is 23.2 Å². The van der Waals surface area contributed by atoms with E-state index in [1.165, 1.54) is 23.0 Å². The summed E-state index contributed by atoms with van der Waals surface area (Å²) in [5, 5.41) is 5.76. The Kier molecular flexibility index (Phi) is 3.79. The van der Waals surface area contributed by atoms with Crippen LogP contribution in [0.1, 0.15) is 17.5 Å². The Balaban J connectivity index is 2.17. The smallest absolute Gasteiger partial charge is 0.377 e. The predicted octanol–water partition coefficient (Wildman–Crippen LogP) is 3.73. The molecular formula is C11H11F4N3S. The number of nitrogens with one attached hydrogen (secondary N) is 1. The van der Waals surface area contributed by atoms with Crippen LogP contribution in [0, 0.1) is 5.13 Å². The third-order valence-corrected chi connectivity index (χ3v) is 3.31. The Hall–Kier alpha value is -1.57. The summed E-state index contributed by atoms with van der Waals surface area (Å²) in [5.74, 6) is 0. The Bertz CT molecular complexity index is 559. The molecule has 0 saturated carbocycles. The number of rotatable bonds is 4. The lowest BCUT2D eigenvalue weighted by molar-refractivity contribution is -0.140. The summed E-state index contributed by atoms with van der Waals surface area (Å²) < 4.78 is 52.2. The highest BCUT2D eigenvalue weighted by molar-refractivity contribution is 7.10. The van der Waals surface area contributed by atoms with E-state index in [9.17, 15) is 17.6 Å². The molecule has 0 bridgehead atoms. The van der Waals surface area contributed by atoms with E-state index < -0.39 is 11.9 Å². The molecule has 0 spiro atoms. The van der Waals surface area contributed by atoms with Crippen molar-refractivity contribution in [2.75, 3.05) is 5.32 Å². The quantitative estimate of drug-likeness (QED) is 0.870. The minimum absolute atomic E-state index is 0.0943. The molecule has 2 aromatic rings. The number of aryl methyl sites for hydroxylation is 1. The first kappa shape index (κ1) is 13.9. The Morgan fingerprint density at radius 3 is 2.63 bits per heavy atom. The van der Waals surface area contributed by atoms with Crippen molar-refractivity contribution in [3.63, 3.8) is 0 Å². The number of halogens is 4. The van der Waals surface area contributed by atoms with Crippen LogP contribution < -0.4 is 5.32 Å². The third-order valence-electron chi connectivity index (χ3n) is 2.44. The molecule has 2 aromatic heterocycles. The van der Waals surface area contributed by atoms with Gasteiger partial charge in [0.25, 0.3) is 0 Å². The van der Waals surface area contributed by atoms with Gasteiger partial charge in [-0.1, -0.05) is 0 Å². The normalized spacial score (nSPS) is 11.8. The molecule has 2 rings (SSSR count). The van der Waals surface area contributed by atoms with Crippen molar-refractivity contribution in [3.05, 3.63) is 34.0 Å². The molecule has 0 amide bonds. The molecule has 0 unspecified atom stereocenters. The van der Waals surface area contributed by atoms with Gasteiger partial charge < -0.3 is 5.32 Å². The minimum Gasteiger partial charge on any atom is -0.377 e. The molecule has 0 saturated heterocycles. The zero-order valence-electron chi connectivity index (χ0n) is 9.96. The third kappa shape index (κ3) is 3.25. The highest BCUT2D eigenvalue weighted by atomic mass is 32.1. The zero-order valence-corrected chi connectivity index (χ0v) is 10.8. The van der Waals surface area contributed by atoms with Crippen molar-refractivity contribution in [1.82, 2.24) is 9.78 Å². The number of aromatic nitrogens is 2. The van der Waals surface area contributed by atoms with Gasteiger partial charge >= 0.3 is 6.18 Å². The van der Waals surface area contributed by atoms with Crippen LogP contribution in [0.25, 0.3) is 0 Å². The summed E-state index contributed by atoms with van der Waals surface area (Å²) in [6, 6.07) is 2.81. The van der Waals surface area contributed by atoms with E-state index in [4.69, 9.17) is 0 Å². The van der Waals surface area contributed by atoms with Gasteiger partial charge in [0.1, 0.15) is 0 Å². The average Bonchev–Trinajstić information content (AvgIpc) is 2.91. The molecule has 0 aromatic carbocycles. The molecule has 2 heterocycles. The van der Waals surface area contributed by atoms with Crippen LogP contribution in [0.15, 0.2) is 18.3 Å². The summed E-state index contributed by atoms with van der Waals surface area (Å²) in [5.41, 5.74) is -1.05. The highest BCUT2D eigenvalue weighted by Crippen LogP contribution is 2.33. The number of alkyl halides is 3. The molecule has 0 atom stereocenters. The summed E-state index contributed by atoms with van der Waals surface area (Å²) >= 11 is 0.895. The van der Waals surface area contributed by atoms with Gasteiger partial charge in [-0.2, -0.15) is 22.7 Å². The second-order valence-electron chi connectivity index (χ2n) is 3.80. The monoisotopic (exact) mass is 293 g/mol. The zero-order chi connectivity index (χ0) is 14.0. The Morgan fingerprint density at radius 2 is 2.11 bits per heavy atom. The molecule has 0 aliphatic carbocycles. The van der Waals surface area contributed by atoms with Crippen molar-refractivity contribution in [1.29, 1.82) is 0 Å². The standard InChI is InChI=1S/C11H11F4N3S/c1-2-18-6-8(10(17-18)11(13,14)15)16-5-7-3-4-9(12)19-7/h3-4,6,16H,2,5H2,1H3. The average molecular weight is 293 g/mol. The highest BCUT2D eigenvalue weighted by Gasteiger charge is 2.37. The summed E-state index contributed by atoms with van der Waals surface area (Å²) in [6.45, 7) is 2.18. The maximum Gasteiger partial charge on any atom is 0.437 e. The molecule has 0 aliphatic heterocycles. The van der Waals surface area contributed by atoms with Crippen molar-refractivity contribution >= 4 is 17.0 Å². The molecule has 1 N–H and O–H groups in total. The van der Waals surface area contributed by atoms with E-state index in [0.29, 0.717) is 11.4 Å². The summed E-state index contributed by atoms with van der Waals surface area (Å²) in [7, 11) is 0. The second kappa shape index (κ2) is 5.20. The van der Waals surface area contributed by atoms with Gasteiger partial charge in [-0.3, -0.25) is 4.68 Å². The van der Waals surface area contributed by atoms with E-state index in [2.05, 4.69) is 10.4 Å². The van der Waals surface area contributed by atoms with E-state index in [0.717, 1.165) is 11.3 Å². The molecule has 0 aliphatic rings. The lowest BCUT2D eigenvalue weighted by Gasteiger charge is -2.07.